The molecule has 4 aliphatic rings. The molecule has 2 bridgehead atoms. The van der Waals surface area contributed by atoms with Crippen molar-refractivity contribution < 1.29 is 24.5 Å². The minimum absolute atomic E-state index is 0.00486. The first-order chi connectivity index (χ1) is 27.6. The molecule has 9 rings (SSSR count). The van der Waals surface area contributed by atoms with Gasteiger partial charge in [-0.3, -0.25) is 4.79 Å². The summed E-state index contributed by atoms with van der Waals surface area (Å²) in [5, 5.41) is 28.6. The van der Waals surface area contributed by atoms with Gasteiger partial charge in [-0.15, -0.1) is 0 Å². The highest BCUT2D eigenvalue weighted by Crippen LogP contribution is 2.59. The van der Waals surface area contributed by atoms with Crippen molar-refractivity contribution in [2.24, 2.45) is 11.3 Å². The predicted octanol–water partition coefficient (Wildman–Crippen LogP) is 11.5. The Morgan fingerprint density at radius 1 is 0.807 bits per heavy atom. The third-order valence-electron chi connectivity index (χ3n) is 13.8. The van der Waals surface area contributed by atoms with E-state index in [-0.39, 0.29) is 30.7 Å². The molecule has 4 atom stereocenters. The number of ketones is 1. The Balaban J connectivity index is 1.19. The first-order valence-corrected chi connectivity index (χ1v) is 21.3. The fourth-order valence-corrected chi connectivity index (χ4v) is 10.3. The van der Waals surface area contributed by atoms with Crippen molar-refractivity contribution in [2.45, 2.75) is 115 Å². The van der Waals surface area contributed by atoms with Crippen LogP contribution in [-0.4, -0.2) is 45.2 Å². The molecule has 0 unspecified atom stereocenters. The number of carbonyl (C=O) groups is 2. The maximum absolute atomic E-state index is 14.6. The van der Waals surface area contributed by atoms with Crippen LogP contribution in [0, 0.1) is 11.3 Å². The van der Waals surface area contributed by atoms with Crippen molar-refractivity contribution >= 4 is 33.4 Å². The molecule has 296 valence electrons. The summed E-state index contributed by atoms with van der Waals surface area (Å²) in [6.07, 6.45) is 10.9. The summed E-state index contributed by atoms with van der Waals surface area (Å²) >= 11 is 0. The molecule has 0 saturated heterocycles. The molecule has 2 fully saturated rings. The lowest BCUT2D eigenvalue weighted by Gasteiger charge is -2.46. The van der Waals surface area contributed by atoms with Crippen LogP contribution in [0.4, 0.5) is 4.79 Å². The highest BCUT2D eigenvalue weighted by molar-refractivity contribution is 5.99. The van der Waals surface area contributed by atoms with Gasteiger partial charge >= 0.3 is 6.09 Å². The topological polar surface area (TPSA) is 87.1 Å². The number of fused-ring (bicyclic) bond motifs is 10. The van der Waals surface area contributed by atoms with E-state index in [1.807, 2.05) is 60.7 Å². The van der Waals surface area contributed by atoms with E-state index in [4.69, 9.17) is 4.74 Å². The van der Waals surface area contributed by atoms with E-state index < -0.39 is 23.2 Å². The van der Waals surface area contributed by atoms with Crippen LogP contribution >= 0.6 is 0 Å². The first kappa shape index (κ1) is 39.1. The van der Waals surface area contributed by atoms with Gasteiger partial charge in [0.1, 0.15) is 5.75 Å². The van der Waals surface area contributed by atoms with Gasteiger partial charge in [0.15, 0.2) is 5.78 Å². The molecule has 1 amide bonds. The van der Waals surface area contributed by atoms with Crippen LogP contribution in [-0.2, 0) is 13.0 Å². The fourth-order valence-electron chi connectivity index (χ4n) is 10.3. The Labute approximate surface area is 337 Å². The zero-order valence-electron chi connectivity index (χ0n) is 33.6. The van der Waals surface area contributed by atoms with Gasteiger partial charge < -0.3 is 19.8 Å². The second-order valence-corrected chi connectivity index (χ2v) is 17.5. The SMILES string of the molecule is CC1=CCC[C@@]2(C)[C@@H](CC[C@@]2(O)CN(Cc2cccc3ccccc23)C(=O)Oc2ccc3ccccc3c2)c2ccc(cc2C(=O)C2CCCCC2)C[C@@H](O)CC1. The van der Waals surface area contributed by atoms with Crippen molar-refractivity contribution in [3.05, 3.63) is 137 Å². The lowest BCUT2D eigenvalue weighted by molar-refractivity contribution is -0.0801. The number of ether oxygens (including phenoxy) is 1. The Bertz CT molecular complexity index is 2280. The molecule has 0 spiro atoms. The molecule has 0 aromatic heterocycles. The zero-order valence-corrected chi connectivity index (χ0v) is 33.6. The van der Waals surface area contributed by atoms with E-state index in [1.54, 1.807) is 4.90 Å². The average molecular weight is 764 g/mol. The molecule has 0 radical (unpaired) electrons. The van der Waals surface area contributed by atoms with Gasteiger partial charge in [-0.2, -0.15) is 0 Å². The number of aliphatic hydroxyl groups is 2. The molecule has 4 aliphatic carbocycles. The third-order valence-corrected chi connectivity index (χ3v) is 13.8. The summed E-state index contributed by atoms with van der Waals surface area (Å²) in [5.41, 5.74) is 2.98. The van der Waals surface area contributed by atoms with Gasteiger partial charge in [-0.05, 0) is 127 Å². The largest absolute Gasteiger partial charge is 0.415 e. The van der Waals surface area contributed by atoms with Crippen LogP contribution in [0.1, 0.15) is 117 Å². The van der Waals surface area contributed by atoms with Crippen LogP contribution in [0.5, 0.6) is 5.75 Å². The summed E-state index contributed by atoms with van der Waals surface area (Å²) in [6.45, 7) is 4.66. The number of hydrogen-bond donors (Lipinski definition) is 2. The predicted molar refractivity (Wildman–Crippen MR) is 229 cm³/mol. The van der Waals surface area contributed by atoms with Crippen LogP contribution in [0.25, 0.3) is 21.5 Å². The molecular formula is C51H57NO5. The molecule has 0 heterocycles. The molecule has 5 aromatic rings. The van der Waals surface area contributed by atoms with Crippen molar-refractivity contribution in [2.75, 3.05) is 6.54 Å². The Morgan fingerprint density at radius 2 is 1.56 bits per heavy atom. The molecule has 2 N–H and O–H groups in total. The molecule has 57 heavy (non-hydrogen) atoms. The highest BCUT2D eigenvalue weighted by atomic mass is 16.6. The monoisotopic (exact) mass is 763 g/mol. The van der Waals surface area contributed by atoms with Gasteiger partial charge in [-0.25, -0.2) is 4.79 Å². The smallest absolute Gasteiger partial charge is 0.410 e. The lowest BCUT2D eigenvalue weighted by atomic mass is 9.64. The van der Waals surface area contributed by atoms with Gasteiger partial charge in [0, 0.05) is 23.4 Å². The highest BCUT2D eigenvalue weighted by Gasteiger charge is 2.58. The van der Waals surface area contributed by atoms with Gasteiger partial charge in [-0.1, -0.05) is 123 Å². The normalized spacial score (nSPS) is 24.5. The number of benzene rings is 5. The number of allylic oxidation sites excluding steroid dienone is 2. The first-order valence-electron chi connectivity index (χ1n) is 21.3. The Kier molecular flexibility index (Phi) is 11.4. The van der Waals surface area contributed by atoms with E-state index in [1.165, 1.54) is 12.0 Å². The van der Waals surface area contributed by atoms with Crippen LogP contribution < -0.4 is 4.74 Å². The van der Waals surface area contributed by atoms with Gasteiger partial charge in [0.05, 0.1) is 18.2 Å². The van der Waals surface area contributed by atoms with Crippen LogP contribution in [0.3, 0.4) is 0 Å². The fraction of sp³-hybridized carbons (Fsp3) is 0.412. The summed E-state index contributed by atoms with van der Waals surface area (Å²) < 4.78 is 6.19. The number of rotatable bonds is 7. The van der Waals surface area contributed by atoms with Crippen LogP contribution in [0.15, 0.2) is 115 Å². The number of aliphatic hydroxyl groups excluding tert-OH is 1. The second-order valence-electron chi connectivity index (χ2n) is 17.5. The Morgan fingerprint density at radius 3 is 2.39 bits per heavy atom. The molecule has 2 saturated carbocycles. The number of carbonyl (C=O) groups excluding carboxylic acids is 2. The van der Waals surface area contributed by atoms with E-state index in [2.05, 4.69) is 62.4 Å². The quantitative estimate of drug-likeness (QED) is 0.127. The second kappa shape index (κ2) is 16.6. The summed E-state index contributed by atoms with van der Waals surface area (Å²) in [7, 11) is 0. The van der Waals surface area contributed by atoms with E-state index in [0.717, 1.165) is 82.3 Å². The number of nitrogens with zero attached hydrogens (tertiary/aromatic N) is 1. The van der Waals surface area contributed by atoms with Crippen molar-refractivity contribution in [1.29, 1.82) is 0 Å². The van der Waals surface area contributed by atoms with Crippen LogP contribution in [0.2, 0.25) is 0 Å². The molecule has 6 nitrogen and oxygen atoms in total. The summed E-state index contributed by atoms with van der Waals surface area (Å²) in [4.78, 5) is 30.8. The molecule has 5 aromatic carbocycles. The minimum atomic E-state index is -1.29. The molecular weight excluding hydrogens is 707 g/mol. The zero-order chi connectivity index (χ0) is 39.6. The standard InChI is InChI=1S/C51H57NO5/c1-35-12-11-28-50(2)47(45-26-22-36(30-42(53)24-21-35)31-46(45)48(54)39-15-4-3-5-16-39)27-29-51(50,56)34-52(33-41-19-10-18-38-14-8-9-20-44(38)41)49(55)57-43-25-23-37-13-6-7-17-40(37)32-43/h6-10,12-14,17-20,22-23,25-26,31-32,39,42,47,53,56H,3-5,11,15-16,21,24,27-30,33-34H2,1-2H3/t42-,47-,50-,51+/m0/s1. The number of Topliss-reactive ketones (excluding diaryl/α,β-unsaturated/α-hetero) is 1. The molecule has 6 heteroatoms. The van der Waals surface area contributed by atoms with Gasteiger partial charge in [0.2, 0.25) is 0 Å². The van der Waals surface area contributed by atoms with Crippen molar-refractivity contribution in [1.82, 2.24) is 4.90 Å². The maximum atomic E-state index is 14.6. The minimum Gasteiger partial charge on any atom is -0.410 e. The van der Waals surface area contributed by atoms with Crippen molar-refractivity contribution in [3.63, 3.8) is 0 Å². The Hall–Kier alpha value is -4.78. The third kappa shape index (κ3) is 8.17. The molecule has 0 aliphatic heterocycles. The van der Waals surface area contributed by atoms with Gasteiger partial charge in [0.25, 0.3) is 0 Å². The van der Waals surface area contributed by atoms with E-state index >= 15 is 0 Å². The maximum Gasteiger partial charge on any atom is 0.415 e. The summed E-state index contributed by atoms with van der Waals surface area (Å²) in [5.74, 6) is 0.545. The lowest BCUT2D eigenvalue weighted by Crippen LogP contribution is -2.54. The van der Waals surface area contributed by atoms with E-state index in [0.29, 0.717) is 37.9 Å². The summed E-state index contributed by atoms with van der Waals surface area (Å²) in [6, 6.07) is 34.3. The van der Waals surface area contributed by atoms with Crippen molar-refractivity contribution in [3.8, 4) is 5.75 Å². The average Bonchev–Trinajstić information content (AvgIpc) is 3.48. The van der Waals surface area contributed by atoms with E-state index in [9.17, 15) is 19.8 Å². The number of amides is 1. The number of hydrogen-bond acceptors (Lipinski definition) is 5.